The van der Waals surface area contributed by atoms with Gasteiger partial charge >= 0.3 is 6.61 Å². The summed E-state index contributed by atoms with van der Waals surface area (Å²) in [6.07, 6.45) is 1.48. The molecule has 0 saturated heterocycles. The van der Waals surface area contributed by atoms with E-state index >= 15 is 0 Å². The number of carbonyl (C=O) groups is 1. The van der Waals surface area contributed by atoms with Crippen LogP contribution < -0.4 is 14.8 Å². The van der Waals surface area contributed by atoms with Gasteiger partial charge in [0.1, 0.15) is 5.75 Å². The average Bonchev–Trinajstić information content (AvgIpc) is 2.61. The van der Waals surface area contributed by atoms with Gasteiger partial charge in [0.2, 0.25) is 0 Å². The van der Waals surface area contributed by atoms with Gasteiger partial charge in [0.25, 0.3) is 15.9 Å². The summed E-state index contributed by atoms with van der Waals surface area (Å²) in [5.74, 6) is -0.846. The van der Waals surface area contributed by atoms with Crippen LogP contribution in [0.15, 0.2) is 60.0 Å². The molecule has 0 bridgehead atoms. The van der Waals surface area contributed by atoms with Gasteiger partial charge in [-0.3, -0.25) is 9.52 Å². The van der Waals surface area contributed by atoms with Crippen LogP contribution in [-0.2, 0) is 10.0 Å². The molecular weight excluding hydrogens is 402 g/mol. The largest absolute Gasteiger partial charge is 0.433 e. The van der Waals surface area contributed by atoms with Crippen molar-refractivity contribution in [2.45, 2.75) is 11.5 Å². The standard InChI is InChI=1S/C17H15ClF2N2O4S/c1-2-9-21-16(23)12-5-3-4-6-14(12)22-27(24,25)11-7-8-15(13(18)10-11)26-17(19)20/h2-8,10,17,22H,1,9H2,(H,21,23). The second kappa shape index (κ2) is 8.83. The van der Waals surface area contributed by atoms with Crippen LogP contribution in [-0.4, -0.2) is 27.5 Å². The summed E-state index contributed by atoms with van der Waals surface area (Å²) in [7, 11) is -4.14. The van der Waals surface area contributed by atoms with E-state index in [1.807, 2.05) is 0 Å². The van der Waals surface area contributed by atoms with Crippen LogP contribution in [0.4, 0.5) is 14.5 Å². The van der Waals surface area contributed by atoms with Crippen LogP contribution in [0.3, 0.4) is 0 Å². The number of carbonyl (C=O) groups excluding carboxylic acids is 1. The number of nitrogens with one attached hydrogen (secondary N) is 2. The molecule has 0 heterocycles. The summed E-state index contributed by atoms with van der Waals surface area (Å²) in [5, 5.41) is 2.25. The first-order chi connectivity index (χ1) is 12.7. The Balaban J connectivity index is 2.30. The molecule has 2 aromatic rings. The minimum atomic E-state index is -4.14. The molecular formula is C17H15ClF2N2O4S. The molecule has 0 fully saturated rings. The van der Waals surface area contributed by atoms with Gasteiger partial charge in [-0.05, 0) is 30.3 Å². The second-order valence-electron chi connectivity index (χ2n) is 5.12. The van der Waals surface area contributed by atoms with E-state index in [1.165, 1.54) is 18.2 Å². The summed E-state index contributed by atoms with van der Waals surface area (Å²) < 4.78 is 56.2. The number of halogens is 3. The SMILES string of the molecule is C=CCNC(=O)c1ccccc1NS(=O)(=O)c1ccc(OC(F)F)c(Cl)c1. The number of hydrogen-bond donors (Lipinski definition) is 2. The van der Waals surface area contributed by atoms with Crippen molar-refractivity contribution in [2.24, 2.45) is 0 Å². The number of para-hydroxylation sites is 1. The van der Waals surface area contributed by atoms with Gasteiger partial charge in [-0.2, -0.15) is 8.78 Å². The highest BCUT2D eigenvalue weighted by Crippen LogP contribution is 2.29. The van der Waals surface area contributed by atoms with Crippen molar-refractivity contribution in [3.63, 3.8) is 0 Å². The number of rotatable bonds is 8. The van der Waals surface area contributed by atoms with Crippen molar-refractivity contribution in [3.8, 4) is 5.75 Å². The monoisotopic (exact) mass is 416 g/mol. The molecule has 2 N–H and O–H groups in total. The van der Waals surface area contributed by atoms with E-state index in [9.17, 15) is 22.0 Å². The van der Waals surface area contributed by atoms with Gasteiger partial charge in [-0.15, -0.1) is 6.58 Å². The molecule has 27 heavy (non-hydrogen) atoms. The summed E-state index contributed by atoms with van der Waals surface area (Å²) in [4.78, 5) is 11.9. The number of hydrogen-bond acceptors (Lipinski definition) is 4. The fourth-order valence-corrected chi connectivity index (χ4v) is 3.47. The number of ether oxygens (including phenoxy) is 1. The van der Waals surface area contributed by atoms with Crippen LogP contribution in [0.2, 0.25) is 5.02 Å². The lowest BCUT2D eigenvalue weighted by atomic mass is 10.1. The van der Waals surface area contributed by atoms with Crippen molar-refractivity contribution in [3.05, 3.63) is 65.7 Å². The molecule has 10 heteroatoms. The van der Waals surface area contributed by atoms with E-state index in [-0.39, 0.29) is 33.5 Å². The lowest BCUT2D eigenvalue weighted by Gasteiger charge is -2.13. The van der Waals surface area contributed by atoms with Crippen LogP contribution >= 0.6 is 11.6 Å². The van der Waals surface area contributed by atoms with Crippen LogP contribution in [0.5, 0.6) is 5.75 Å². The Morgan fingerprint density at radius 3 is 2.59 bits per heavy atom. The number of anilines is 1. The summed E-state index contributed by atoms with van der Waals surface area (Å²) in [6.45, 7) is 0.601. The van der Waals surface area contributed by atoms with E-state index in [0.717, 1.165) is 18.2 Å². The molecule has 0 saturated carbocycles. The first kappa shape index (κ1) is 20.7. The maximum atomic E-state index is 12.6. The third-order valence-electron chi connectivity index (χ3n) is 3.25. The highest BCUT2D eigenvalue weighted by atomic mass is 35.5. The maximum Gasteiger partial charge on any atom is 0.387 e. The molecule has 0 aliphatic rings. The molecule has 0 atom stereocenters. The first-order valence-corrected chi connectivity index (χ1v) is 9.36. The van der Waals surface area contributed by atoms with Crippen molar-refractivity contribution >= 4 is 33.2 Å². The fraction of sp³-hybridized carbons (Fsp3) is 0.118. The van der Waals surface area contributed by atoms with Crippen molar-refractivity contribution in [2.75, 3.05) is 11.3 Å². The van der Waals surface area contributed by atoms with E-state index in [2.05, 4.69) is 21.4 Å². The molecule has 0 unspecified atom stereocenters. The molecule has 0 aliphatic heterocycles. The topological polar surface area (TPSA) is 84.5 Å². The quantitative estimate of drug-likeness (QED) is 0.643. The van der Waals surface area contributed by atoms with Gasteiger partial charge in [0.15, 0.2) is 0 Å². The first-order valence-electron chi connectivity index (χ1n) is 7.50. The Morgan fingerprint density at radius 2 is 1.96 bits per heavy atom. The second-order valence-corrected chi connectivity index (χ2v) is 7.21. The van der Waals surface area contributed by atoms with Crippen molar-refractivity contribution in [1.82, 2.24) is 5.32 Å². The highest BCUT2D eigenvalue weighted by Gasteiger charge is 2.20. The van der Waals surface area contributed by atoms with Gasteiger partial charge < -0.3 is 10.1 Å². The Bertz CT molecular complexity index is 952. The number of benzene rings is 2. The summed E-state index contributed by atoms with van der Waals surface area (Å²) in [6, 6.07) is 9.04. The average molecular weight is 417 g/mol. The Labute approximate surface area is 159 Å². The summed E-state index contributed by atoms with van der Waals surface area (Å²) >= 11 is 5.80. The zero-order valence-corrected chi connectivity index (χ0v) is 15.4. The molecule has 1 amide bonds. The van der Waals surface area contributed by atoms with E-state index in [0.29, 0.717) is 0 Å². The van der Waals surface area contributed by atoms with Crippen molar-refractivity contribution < 1.29 is 26.7 Å². The van der Waals surface area contributed by atoms with Crippen LogP contribution in [0, 0.1) is 0 Å². The third kappa shape index (κ3) is 5.41. The van der Waals surface area contributed by atoms with Crippen LogP contribution in [0.25, 0.3) is 0 Å². The van der Waals surface area contributed by atoms with E-state index < -0.39 is 22.5 Å². The predicted molar refractivity (Wildman–Crippen MR) is 97.9 cm³/mol. The van der Waals surface area contributed by atoms with Gasteiger partial charge in [0, 0.05) is 6.54 Å². The summed E-state index contributed by atoms with van der Waals surface area (Å²) in [5.41, 5.74) is 0.148. The molecule has 144 valence electrons. The molecule has 0 radical (unpaired) electrons. The highest BCUT2D eigenvalue weighted by molar-refractivity contribution is 7.92. The van der Waals surface area contributed by atoms with E-state index in [4.69, 9.17) is 11.6 Å². The van der Waals surface area contributed by atoms with Gasteiger partial charge in [0.05, 0.1) is 21.2 Å². The van der Waals surface area contributed by atoms with Gasteiger partial charge in [-0.1, -0.05) is 29.8 Å². The lowest BCUT2D eigenvalue weighted by molar-refractivity contribution is -0.0498. The van der Waals surface area contributed by atoms with E-state index in [1.54, 1.807) is 12.1 Å². The maximum absolute atomic E-state index is 12.6. The minimum absolute atomic E-state index is 0.0445. The smallest absolute Gasteiger partial charge is 0.387 e. The minimum Gasteiger partial charge on any atom is -0.433 e. The predicted octanol–water partition coefficient (Wildman–Crippen LogP) is 3.66. The Hall–Kier alpha value is -2.65. The molecule has 6 nitrogen and oxygen atoms in total. The zero-order valence-electron chi connectivity index (χ0n) is 13.8. The molecule has 0 aromatic heterocycles. The fourth-order valence-electron chi connectivity index (χ4n) is 2.07. The molecule has 2 rings (SSSR count). The number of alkyl halides is 2. The zero-order chi connectivity index (χ0) is 20.0. The van der Waals surface area contributed by atoms with Crippen molar-refractivity contribution in [1.29, 1.82) is 0 Å². The lowest BCUT2D eigenvalue weighted by Crippen LogP contribution is -2.25. The Kier molecular flexibility index (Phi) is 6.75. The molecule has 0 aliphatic carbocycles. The normalized spacial score (nSPS) is 11.1. The molecule has 2 aromatic carbocycles. The third-order valence-corrected chi connectivity index (χ3v) is 4.91. The molecule has 0 spiro atoms. The van der Waals surface area contributed by atoms with Crippen LogP contribution in [0.1, 0.15) is 10.4 Å². The number of amides is 1. The van der Waals surface area contributed by atoms with Gasteiger partial charge in [-0.25, -0.2) is 8.42 Å². The number of sulfonamides is 1. The Morgan fingerprint density at radius 1 is 1.26 bits per heavy atom.